The second kappa shape index (κ2) is 9.20. The van der Waals surface area contributed by atoms with Gasteiger partial charge in [-0.25, -0.2) is 4.98 Å². The molecule has 1 N–H and O–H groups in total. The van der Waals surface area contributed by atoms with Crippen LogP contribution in [0.15, 0.2) is 66.9 Å². The van der Waals surface area contributed by atoms with Crippen LogP contribution in [0.2, 0.25) is 0 Å². The molecule has 3 aromatic rings. The highest BCUT2D eigenvalue weighted by Crippen LogP contribution is 2.40. The molecule has 33 heavy (non-hydrogen) atoms. The van der Waals surface area contributed by atoms with Gasteiger partial charge in [0.15, 0.2) is 0 Å². The number of anilines is 1. The van der Waals surface area contributed by atoms with Gasteiger partial charge in [-0.1, -0.05) is 6.08 Å². The summed E-state index contributed by atoms with van der Waals surface area (Å²) in [5.74, 6) is 1.84. The number of hydrogen-bond donors (Lipinski definition) is 1. The molecule has 1 aliphatic rings. The van der Waals surface area contributed by atoms with E-state index < -0.39 is 5.60 Å². The normalized spacial score (nSPS) is 13.8. The van der Waals surface area contributed by atoms with E-state index in [9.17, 15) is 4.79 Å². The monoisotopic (exact) mass is 442 g/mol. The van der Waals surface area contributed by atoms with Crippen molar-refractivity contribution in [2.75, 3.05) is 19.5 Å². The highest BCUT2D eigenvalue weighted by atomic mass is 16.5. The number of fused-ring (bicyclic) bond motifs is 1. The molecule has 0 unspecified atom stereocenters. The maximum absolute atomic E-state index is 12.4. The Morgan fingerprint density at radius 3 is 2.52 bits per heavy atom. The van der Waals surface area contributed by atoms with Gasteiger partial charge >= 0.3 is 0 Å². The molecular formula is C27H26N2O4. The molecule has 1 aliphatic heterocycles. The lowest BCUT2D eigenvalue weighted by atomic mass is 9.94. The van der Waals surface area contributed by atoms with Crippen molar-refractivity contribution >= 4 is 23.7 Å². The minimum Gasteiger partial charge on any atom is -0.497 e. The summed E-state index contributed by atoms with van der Waals surface area (Å²) < 4.78 is 16.6. The molecule has 168 valence electrons. The molecule has 0 radical (unpaired) electrons. The third kappa shape index (κ3) is 5.23. The van der Waals surface area contributed by atoms with Gasteiger partial charge in [-0.05, 0) is 74.0 Å². The molecule has 0 saturated carbocycles. The first kappa shape index (κ1) is 22.1. The Kier molecular flexibility index (Phi) is 6.18. The standard InChI is InChI=1S/C27H26N2O4/c1-27(2)14-13-19-15-18(5-11-24(30)29-21-7-9-22(31-3)10-8-21)16-23(26(19)33-27)20-6-12-25(32-4)28-17-20/h5-17H,1-4H3,(H,29,30)/b11-5+. The molecule has 0 fully saturated rings. The van der Waals surface area contributed by atoms with E-state index in [0.29, 0.717) is 11.6 Å². The van der Waals surface area contributed by atoms with Crippen LogP contribution < -0.4 is 19.5 Å². The predicted octanol–water partition coefficient (Wildman–Crippen LogP) is 5.60. The van der Waals surface area contributed by atoms with Gasteiger partial charge in [0.2, 0.25) is 11.8 Å². The lowest BCUT2D eigenvalue weighted by Crippen LogP contribution is -2.27. The van der Waals surface area contributed by atoms with Crippen molar-refractivity contribution in [1.82, 2.24) is 4.98 Å². The van der Waals surface area contributed by atoms with Gasteiger partial charge in [-0.15, -0.1) is 0 Å². The van der Waals surface area contributed by atoms with E-state index in [-0.39, 0.29) is 5.91 Å². The van der Waals surface area contributed by atoms with E-state index in [1.165, 1.54) is 6.08 Å². The van der Waals surface area contributed by atoms with Gasteiger partial charge in [0.1, 0.15) is 17.1 Å². The average molecular weight is 443 g/mol. The number of aromatic nitrogens is 1. The molecule has 1 amide bonds. The Labute approximate surface area is 193 Å². The first-order chi connectivity index (χ1) is 15.9. The highest BCUT2D eigenvalue weighted by molar-refractivity contribution is 6.02. The Morgan fingerprint density at radius 2 is 1.85 bits per heavy atom. The summed E-state index contributed by atoms with van der Waals surface area (Å²) in [6.07, 6.45) is 9.13. The molecule has 2 heterocycles. The van der Waals surface area contributed by atoms with Crippen molar-refractivity contribution in [3.8, 4) is 28.5 Å². The molecule has 0 aliphatic carbocycles. The van der Waals surface area contributed by atoms with E-state index in [1.807, 2.05) is 50.3 Å². The predicted molar refractivity (Wildman–Crippen MR) is 131 cm³/mol. The summed E-state index contributed by atoms with van der Waals surface area (Å²) in [6.45, 7) is 4.03. The SMILES string of the molecule is COc1ccc(NC(=O)/C=C/c2cc3c(c(-c4ccc(OC)nc4)c2)OC(C)(C)C=C3)cc1. The maximum atomic E-state index is 12.4. The van der Waals surface area contributed by atoms with Gasteiger partial charge < -0.3 is 19.5 Å². The molecule has 0 spiro atoms. The summed E-state index contributed by atoms with van der Waals surface area (Å²) in [7, 11) is 3.19. The number of carbonyl (C=O) groups excluding carboxylic acids is 1. The number of rotatable bonds is 6. The number of nitrogens with zero attached hydrogens (tertiary/aromatic N) is 1. The molecule has 2 aromatic carbocycles. The first-order valence-corrected chi connectivity index (χ1v) is 10.6. The molecule has 6 heteroatoms. The zero-order valence-corrected chi connectivity index (χ0v) is 19.1. The van der Waals surface area contributed by atoms with Crippen molar-refractivity contribution in [2.24, 2.45) is 0 Å². The molecule has 4 rings (SSSR count). The Bertz CT molecular complexity index is 1210. The van der Waals surface area contributed by atoms with E-state index >= 15 is 0 Å². The first-order valence-electron chi connectivity index (χ1n) is 10.6. The smallest absolute Gasteiger partial charge is 0.248 e. The van der Waals surface area contributed by atoms with Crippen molar-refractivity contribution in [2.45, 2.75) is 19.4 Å². The average Bonchev–Trinajstić information content (AvgIpc) is 2.82. The molecule has 1 aromatic heterocycles. The van der Waals surface area contributed by atoms with Gasteiger partial charge in [0.25, 0.3) is 0 Å². The fourth-order valence-corrected chi connectivity index (χ4v) is 3.50. The van der Waals surface area contributed by atoms with Gasteiger partial charge in [-0.3, -0.25) is 4.79 Å². The Hall–Kier alpha value is -4.06. The Balaban J connectivity index is 1.63. The van der Waals surface area contributed by atoms with E-state index in [1.54, 1.807) is 50.8 Å². The lowest BCUT2D eigenvalue weighted by molar-refractivity contribution is -0.111. The lowest BCUT2D eigenvalue weighted by Gasteiger charge is -2.30. The van der Waals surface area contributed by atoms with Crippen LogP contribution in [0, 0.1) is 0 Å². The number of ether oxygens (including phenoxy) is 3. The minimum absolute atomic E-state index is 0.224. The summed E-state index contributed by atoms with van der Waals surface area (Å²) in [6, 6.07) is 14.9. The van der Waals surface area contributed by atoms with Crippen LogP contribution in [0.4, 0.5) is 5.69 Å². The fourth-order valence-electron chi connectivity index (χ4n) is 3.50. The number of benzene rings is 2. The second-order valence-electron chi connectivity index (χ2n) is 8.17. The topological polar surface area (TPSA) is 69.7 Å². The number of amides is 1. The Morgan fingerprint density at radius 1 is 1.06 bits per heavy atom. The van der Waals surface area contributed by atoms with Crippen LogP contribution in [0.25, 0.3) is 23.3 Å². The van der Waals surface area contributed by atoms with E-state index in [2.05, 4.69) is 10.3 Å². The second-order valence-corrected chi connectivity index (χ2v) is 8.17. The summed E-state index contributed by atoms with van der Waals surface area (Å²) in [4.78, 5) is 16.8. The van der Waals surface area contributed by atoms with Gasteiger partial charge in [0.05, 0.1) is 14.2 Å². The number of methoxy groups -OCH3 is 2. The number of pyridine rings is 1. The maximum Gasteiger partial charge on any atom is 0.248 e. The molecule has 6 nitrogen and oxygen atoms in total. The van der Waals surface area contributed by atoms with Crippen molar-refractivity contribution in [1.29, 1.82) is 0 Å². The molecular weight excluding hydrogens is 416 g/mol. The summed E-state index contributed by atoms with van der Waals surface area (Å²) >= 11 is 0. The van der Waals surface area contributed by atoms with Gasteiger partial charge in [-0.2, -0.15) is 0 Å². The van der Waals surface area contributed by atoms with Gasteiger partial charge in [0, 0.05) is 40.7 Å². The minimum atomic E-state index is -0.419. The van der Waals surface area contributed by atoms with Crippen LogP contribution in [-0.4, -0.2) is 30.7 Å². The van der Waals surface area contributed by atoms with Crippen molar-refractivity contribution < 1.29 is 19.0 Å². The summed E-state index contributed by atoms with van der Waals surface area (Å²) in [5.41, 5.74) is 3.89. The summed E-state index contributed by atoms with van der Waals surface area (Å²) in [5, 5.41) is 2.85. The quantitative estimate of drug-likeness (QED) is 0.503. The third-order valence-electron chi connectivity index (χ3n) is 5.21. The van der Waals surface area contributed by atoms with E-state index in [4.69, 9.17) is 14.2 Å². The van der Waals surface area contributed by atoms with Crippen molar-refractivity contribution in [3.63, 3.8) is 0 Å². The molecule has 0 saturated heterocycles. The zero-order chi connectivity index (χ0) is 23.4. The van der Waals surface area contributed by atoms with Crippen LogP contribution in [0.5, 0.6) is 17.4 Å². The van der Waals surface area contributed by atoms with Crippen LogP contribution in [-0.2, 0) is 4.79 Å². The number of hydrogen-bond acceptors (Lipinski definition) is 5. The molecule has 0 bridgehead atoms. The number of carbonyl (C=O) groups is 1. The van der Waals surface area contributed by atoms with Crippen LogP contribution >= 0.6 is 0 Å². The van der Waals surface area contributed by atoms with Crippen molar-refractivity contribution in [3.05, 3.63) is 78.0 Å². The molecule has 0 atom stereocenters. The zero-order valence-electron chi connectivity index (χ0n) is 19.1. The van der Waals surface area contributed by atoms with Crippen LogP contribution in [0.3, 0.4) is 0 Å². The van der Waals surface area contributed by atoms with E-state index in [0.717, 1.165) is 33.8 Å². The highest BCUT2D eigenvalue weighted by Gasteiger charge is 2.25. The fraction of sp³-hybridized carbons (Fsp3) is 0.185. The number of nitrogens with one attached hydrogen (secondary N) is 1. The van der Waals surface area contributed by atoms with Crippen LogP contribution in [0.1, 0.15) is 25.0 Å². The largest absolute Gasteiger partial charge is 0.497 e. The third-order valence-corrected chi connectivity index (χ3v) is 5.21.